The largest absolute Gasteiger partial charge is 0.465 e. The number of hydrogen-bond acceptors (Lipinski definition) is 2. The highest BCUT2D eigenvalue weighted by atomic mass is 16.4. The zero-order valence-electron chi connectivity index (χ0n) is 9.62. The minimum Gasteiger partial charge on any atom is -0.465 e. The minimum absolute atomic E-state index is 0.244. The van der Waals surface area contributed by atoms with Crippen LogP contribution < -0.4 is 11.1 Å². The highest BCUT2D eigenvalue weighted by Gasteiger charge is 2.29. The zero-order chi connectivity index (χ0) is 11.5. The number of carboxylic acid groups (broad SMARTS) is 1. The molecule has 0 bridgehead atoms. The summed E-state index contributed by atoms with van der Waals surface area (Å²) in [5, 5.41) is 11.3. The normalized spacial score (nSPS) is 27.4. The number of nitrogens with one attached hydrogen (secondary N) is 1. The molecule has 4 N–H and O–H groups in total. The van der Waals surface area contributed by atoms with Crippen molar-refractivity contribution in [3.63, 3.8) is 0 Å². The van der Waals surface area contributed by atoms with Crippen molar-refractivity contribution in [3.05, 3.63) is 0 Å². The zero-order valence-corrected chi connectivity index (χ0v) is 9.62. The van der Waals surface area contributed by atoms with Crippen molar-refractivity contribution in [3.8, 4) is 0 Å². The first-order valence-corrected chi connectivity index (χ1v) is 5.67. The van der Waals surface area contributed by atoms with Crippen LogP contribution in [-0.2, 0) is 0 Å². The van der Waals surface area contributed by atoms with Gasteiger partial charge in [0.1, 0.15) is 0 Å². The Hall–Kier alpha value is -0.770. The van der Waals surface area contributed by atoms with E-state index in [1.54, 1.807) is 0 Å². The van der Waals surface area contributed by atoms with Gasteiger partial charge in [0.05, 0.1) is 0 Å². The van der Waals surface area contributed by atoms with E-state index in [1.165, 1.54) is 12.8 Å². The topological polar surface area (TPSA) is 75.3 Å². The van der Waals surface area contributed by atoms with Crippen LogP contribution in [0.5, 0.6) is 0 Å². The number of rotatable bonds is 3. The van der Waals surface area contributed by atoms with Gasteiger partial charge in [0.15, 0.2) is 0 Å². The molecule has 1 fully saturated rings. The third kappa shape index (κ3) is 4.08. The molecule has 4 heteroatoms. The fraction of sp³-hybridized carbons (Fsp3) is 0.909. The highest BCUT2D eigenvalue weighted by Crippen LogP contribution is 2.29. The molecule has 0 radical (unpaired) electrons. The summed E-state index contributed by atoms with van der Waals surface area (Å²) in [6, 6.07) is 0.244. The first kappa shape index (κ1) is 12.3. The Balaban J connectivity index is 2.47. The fourth-order valence-electron chi connectivity index (χ4n) is 2.49. The van der Waals surface area contributed by atoms with Gasteiger partial charge in [-0.25, -0.2) is 4.79 Å². The predicted octanol–water partition coefficient (Wildman–Crippen LogP) is 1.94. The van der Waals surface area contributed by atoms with Crippen LogP contribution in [0, 0.1) is 5.92 Å². The average Bonchev–Trinajstić information content (AvgIpc) is 2.06. The summed E-state index contributed by atoms with van der Waals surface area (Å²) in [6.45, 7) is 3.84. The molecule has 15 heavy (non-hydrogen) atoms. The minimum atomic E-state index is -0.954. The number of nitrogens with two attached hydrogens (primary N) is 1. The van der Waals surface area contributed by atoms with E-state index in [0.29, 0.717) is 5.92 Å². The van der Waals surface area contributed by atoms with Gasteiger partial charge in [-0.1, -0.05) is 12.8 Å². The van der Waals surface area contributed by atoms with Crippen LogP contribution in [0.25, 0.3) is 0 Å². The van der Waals surface area contributed by atoms with Crippen LogP contribution in [0.3, 0.4) is 0 Å². The molecule has 0 aromatic carbocycles. The monoisotopic (exact) mass is 214 g/mol. The van der Waals surface area contributed by atoms with Gasteiger partial charge in [-0.2, -0.15) is 0 Å². The Morgan fingerprint density at radius 3 is 2.60 bits per heavy atom. The lowest BCUT2D eigenvalue weighted by atomic mass is 9.78. The molecule has 1 rings (SSSR count). The molecule has 1 aliphatic carbocycles. The van der Waals surface area contributed by atoms with Crippen molar-refractivity contribution in [1.29, 1.82) is 0 Å². The molecule has 2 atom stereocenters. The molecule has 1 aliphatic rings. The first-order valence-electron chi connectivity index (χ1n) is 5.67. The van der Waals surface area contributed by atoms with E-state index in [0.717, 1.165) is 19.3 Å². The van der Waals surface area contributed by atoms with Gasteiger partial charge < -0.3 is 16.2 Å². The van der Waals surface area contributed by atoms with Crippen LogP contribution in [0.2, 0.25) is 0 Å². The fourth-order valence-corrected chi connectivity index (χ4v) is 2.49. The summed E-state index contributed by atoms with van der Waals surface area (Å²) in [6.07, 6.45) is 4.52. The Bertz CT molecular complexity index is 229. The third-order valence-electron chi connectivity index (χ3n) is 3.19. The Labute approximate surface area is 91.2 Å². The summed E-state index contributed by atoms with van der Waals surface area (Å²) in [5.74, 6) is 0.459. The summed E-state index contributed by atoms with van der Waals surface area (Å²) in [4.78, 5) is 10.6. The molecule has 0 unspecified atom stereocenters. The third-order valence-corrected chi connectivity index (χ3v) is 3.19. The average molecular weight is 214 g/mol. The molecule has 1 amide bonds. The number of amides is 1. The first-order chi connectivity index (χ1) is 6.91. The van der Waals surface area contributed by atoms with Crippen LogP contribution in [0.15, 0.2) is 0 Å². The smallest absolute Gasteiger partial charge is 0.405 e. The van der Waals surface area contributed by atoms with Gasteiger partial charge >= 0.3 is 6.09 Å². The van der Waals surface area contributed by atoms with Gasteiger partial charge in [-0.3, -0.25) is 0 Å². The van der Waals surface area contributed by atoms with Crippen LogP contribution in [0.4, 0.5) is 4.79 Å². The second-order valence-corrected chi connectivity index (χ2v) is 5.23. The molecule has 0 aromatic heterocycles. The molecule has 1 saturated carbocycles. The van der Waals surface area contributed by atoms with Crippen molar-refractivity contribution >= 4 is 6.09 Å². The van der Waals surface area contributed by atoms with E-state index in [-0.39, 0.29) is 11.6 Å². The van der Waals surface area contributed by atoms with E-state index in [9.17, 15) is 4.79 Å². The van der Waals surface area contributed by atoms with E-state index in [4.69, 9.17) is 10.8 Å². The quantitative estimate of drug-likeness (QED) is 0.672. The maximum atomic E-state index is 10.6. The van der Waals surface area contributed by atoms with Crippen molar-refractivity contribution in [2.45, 2.75) is 57.5 Å². The van der Waals surface area contributed by atoms with E-state index in [2.05, 4.69) is 5.32 Å². The van der Waals surface area contributed by atoms with Gasteiger partial charge in [0.2, 0.25) is 0 Å². The highest BCUT2D eigenvalue weighted by molar-refractivity contribution is 5.65. The number of hydrogen-bond donors (Lipinski definition) is 3. The molecule has 0 aromatic rings. The maximum absolute atomic E-state index is 10.6. The molecule has 88 valence electrons. The predicted molar refractivity (Wildman–Crippen MR) is 59.8 cm³/mol. The molecule has 0 aliphatic heterocycles. The van der Waals surface area contributed by atoms with E-state index in [1.807, 2.05) is 13.8 Å². The van der Waals surface area contributed by atoms with Crippen molar-refractivity contribution in [2.24, 2.45) is 11.7 Å². The second kappa shape index (κ2) is 4.84. The lowest BCUT2D eigenvalue weighted by Crippen LogP contribution is -2.47. The lowest BCUT2D eigenvalue weighted by molar-refractivity contribution is 0.168. The van der Waals surface area contributed by atoms with Gasteiger partial charge in [-0.15, -0.1) is 0 Å². The molecular formula is C11H22N2O2. The number of carbonyl (C=O) groups is 1. The molecule has 0 heterocycles. The molecule has 0 spiro atoms. The second-order valence-electron chi connectivity index (χ2n) is 5.23. The Kier molecular flexibility index (Phi) is 3.97. The lowest BCUT2D eigenvalue weighted by Gasteiger charge is -2.35. The van der Waals surface area contributed by atoms with E-state index >= 15 is 0 Å². The molecule has 0 saturated heterocycles. The summed E-state index contributed by atoms with van der Waals surface area (Å²) < 4.78 is 0. The molecule has 4 nitrogen and oxygen atoms in total. The standard InChI is InChI=1S/C11H22N2O2/c1-11(2,13-10(14)15)7-8-5-3-4-6-9(8)12/h8-9,13H,3-7,12H2,1-2H3,(H,14,15)/t8-,9-/m1/s1. The van der Waals surface area contributed by atoms with Crippen molar-refractivity contribution < 1.29 is 9.90 Å². The van der Waals surface area contributed by atoms with Crippen LogP contribution >= 0.6 is 0 Å². The van der Waals surface area contributed by atoms with Crippen molar-refractivity contribution in [2.75, 3.05) is 0 Å². The summed E-state index contributed by atoms with van der Waals surface area (Å²) in [7, 11) is 0. The van der Waals surface area contributed by atoms with Crippen LogP contribution in [0.1, 0.15) is 46.0 Å². The summed E-state index contributed by atoms with van der Waals surface area (Å²) >= 11 is 0. The van der Waals surface area contributed by atoms with Gasteiger partial charge in [0.25, 0.3) is 0 Å². The van der Waals surface area contributed by atoms with Crippen molar-refractivity contribution in [1.82, 2.24) is 5.32 Å². The van der Waals surface area contributed by atoms with Gasteiger partial charge in [0, 0.05) is 11.6 Å². The van der Waals surface area contributed by atoms with E-state index < -0.39 is 6.09 Å². The SMILES string of the molecule is CC(C)(C[C@H]1CCCC[C@H]1N)NC(=O)O. The molecular weight excluding hydrogens is 192 g/mol. The van der Waals surface area contributed by atoms with Gasteiger partial charge in [-0.05, 0) is 39.0 Å². The maximum Gasteiger partial charge on any atom is 0.405 e. The Morgan fingerprint density at radius 1 is 1.47 bits per heavy atom. The van der Waals surface area contributed by atoms with Crippen LogP contribution in [-0.4, -0.2) is 22.8 Å². The summed E-state index contributed by atoms with van der Waals surface area (Å²) in [5.41, 5.74) is 5.67. The Morgan fingerprint density at radius 2 is 2.07 bits per heavy atom.